The Morgan fingerprint density at radius 3 is 2.52 bits per heavy atom. The van der Waals surface area contributed by atoms with E-state index in [1.165, 1.54) is 12.5 Å². The number of oxime groups is 1. The van der Waals surface area contributed by atoms with Gasteiger partial charge in [-0.2, -0.15) is 0 Å². The van der Waals surface area contributed by atoms with Crippen molar-refractivity contribution in [2.45, 2.75) is 31.4 Å². The van der Waals surface area contributed by atoms with Crippen molar-refractivity contribution in [1.82, 2.24) is 4.90 Å². The molecule has 1 saturated heterocycles. The van der Waals surface area contributed by atoms with Gasteiger partial charge in [0.05, 0.1) is 12.0 Å². The fourth-order valence-electron chi connectivity index (χ4n) is 3.56. The van der Waals surface area contributed by atoms with Crippen molar-refractivity contribution >= 4 is 11.6 Å². The van der Waals surface area contributed by atoms with E-state index < -0.39 is 4.92 Å². The lowest BCUT2D eigenvalue weighted by atomic mass is 9.90. The fraction of sp³-hybridized carbons (Fsp3) is 0.389. The summed E-state index contributed by atoms with van der Waals surface area (Å²) in [6, 6.07) is 12.9. The summed E-state index contributed by atoms with van der Waals surface area (Å²) in [4.78, 5) is 18.5. The standard InChI is InChI=1S/C18H19N3O4/c22-21(23)15-10-9-14(24-15)17-16(13-7-3-1-4-8-13)18(25-19-17)20-11-5-2-6-12-20/h1,3-4,7-10,16,18H,2,5-6,11-12H2. The number of furan rings is 1. The molecule has 1 aromatic carbocycles. The molecule has 3 heterocycles. The van der Waals surface area contributed by atoms with Crippen LogP contribution in [0.1, 0.15) is 36.5 Å². The summed E-state index contributed by atoms with van der Waals surface area (Å²) in [6.45, 7) is 1.93. The summed E-state index contributed by atoms with van der Waals surface area (Å²) in [5.41, 5.74) is 1.67. The third-order valence-electron chi connectivity index (χ3n) is 4.77. The number of hydrogen-bond acceptors (Lipinski definition) is 6. The Morgan fingerprint density at radius 2 is 1.84 bits per heavy atom. The van der Waals surface area contributed by atoms with Crippen LogP contribution in [-0.4, -0.2) is 34.9 Å². The first-order valence-corrected chi connectivity index (χ1v) is 8.51. The molecule has 7 heteroatoms. The van der Waals surface area contributed by atoms with Gasteiger partial charge in [-0.05, 0) is 24.5 Å². The van der Waals surface area contributed by atoms with E-state index >= 15 is 0 Å². The summed E-state index contributed by atoms with van der Waals surface area (Å²) in [7, 11) is 0. The minimum Gasteiger partial charge on any atom is -0.399 e. The molecule has 4 rings (SSSR count). The van der Waals surface area contributed by atoms with Gasteiger partial charge in [-0.3, -0.25) is 15.0 Å². The first kappa shape index (κ1) is 15.8. The quantitative estimate of drug-likeness (QED) is 0.628. The molecule has 0 N–H and O–H groups in total. The van der Waals surface area contributed by atoms with Gasteiger partial charge in [0.2, 0.25) is 0 Å². The van der Waals surface area contributed by atoms with Gasteiger partial charge in [-0.1, -0.05) is 41.9 Å². The summed E-state index contributed by atoms with van der Waals surface area (Å²) >= 11 is 0. The molecule has 0 spiro atoms. The number of benzene rings is 1. The third-order valence-corrected chi connectivity index (χ3v) is 4.77. The molecule has 130 valence electrons. The molecule has 2 atom stereocenters. The van der Waals surface area contributed by atoms with Gasteiger partial charge in [0.15, 0.2) is 12.0 Å². The Morgan fingerprint density at radius 1 is 1.08 bits per heavy atom. The molecule has 7 nitrogen and oxygen atoms in total. The van der Waals surface area contributed by atoms with Crippen molar-refractivity contribution in [2.75, 3.05) is 13.1 Å². The van der Waals surface area contributed by atoms with E-state index in [-0.39, 0.29) is 18.0 Å². The molecule has 0 aliphatic carbocycles. The predicted octanol–water partition coefficient (Wildman–Crippen LogP) is 3.52. The van der Waals surface area contributed by atoms with Crippen LogP contribution in [0.2, 0.25) is 0 Å². The second-order valence-electron chi connectivity index (χ2n) is 6.35. The summed E-state index contributed by atoms with van der Waals surface area (Å²) in [5.74, 6) is -0.0314. The second kappa shape index (κ2) is 6.68. The number of hydrogen-bond donors (Lipinski definition) is 0. The van der Waals surface area contributed by atoms with E-state index in [0.29, 0.717) is 11.5 Å². The van der Waals surface area contributed by atoms with Crippen molar-refractivity contribution in [2.24, 2.45) is 5.16 Å². The SMILES string of the molecule is O=[N+]([O-])c1ccc(C2=NOC(N3CCCCC3)C2c2ccccc2)o1. The van der Waals surface area contributed by atoms with Crippen LogP contribution in [0.4, 0.5) is 5.88 Å². The second-order valence-corrected chi connectivity index (χ2v) is 6.35. The summed E-state index contributed by atoms with van der Waals surface area (Å²) in [5, 5.41) is 15.2. The van der Waals surface area contributed by atoms with Crippen LogP contribution in [0.3, 0.4) is 0 Å². The monoisotopic (exact) mass is 341 g/mol. The van der Waals surface area contributed by atoms with Gasteiger partial charge < -0.3 is 9.25 Å². The first-order valence-electron chi connectivity index (χ1n) is 8.51. The highest BCUT2D eigenvalue weighted by atomic mass is 16.7. The first-order chi connectivity index (χ1) is 12.2. The Balaban J connectivity index is 1.68. The van der Waals surface area contributed by atoms with Gasteiger partial charge in [0.25, 0.3) is 0 Å². The number of nitrogens with zero attached hydrogens (tertiary/aromatic N) is 3. The van der Waals surface area contributed by atoms with Crippen LogP contribution in [0.25, 0.3) is 0 Å². The van der Waals surface area contributed by atoms with Gasteiger partial charge in [0.1, 0.15) is 10.6 Å². The fourth-order valence-corrected chi connectivity index (χ4v) is 3.56. The Kier molecular flexibility index (Phi) is 4.23. The van der Waals surface area contributed by atoms with E-state index in [2.05, 4.69) is 10.1 Å². The highest BCUT2D eigenvalue weighted by Gasteiger charge is 2.42. The van der Waals surface area contributed by atoms with Gasteiger partial charge in [0, 0.05) is 13.1 Å². The van der Waals surface area contributed by atoms with Crippen LogP contribution in [0.15, 0.2) is 52.0 Å². The number of rotatable bonds is 4. The Bertz CT molecular complexity index is 781. The smallest absolute Gasteiger partial charge is 0.399 e. The number of nitro groups is 1. The molecule has 0 radical (unpaired) electrons. The molecule has 0 amide bonds. The topological polar surface area (TPSA) is 81.1 Å². The minimum absolute atomic E-state index is 0.134. The van der Waals surface area contributed by atoms with Crippen molar-refractivity contribution in [1.29, 1.82) is 0 Å². The van der Waals surface area contributed by atoms with E-state index in [9.17, 15) is 10.1 Å². The van der Waals surface area contributed by atoms with Crippen molar-refractivity contribution in [3.05, 3.63) is 63.9 Å². The Labute approximate surface area is 145 Å². The van der Waals surface area contributed by atoms with Crippen molar-refractivity contribution in [3.8, 4) is 0 Å². The molecule has 25 heavy (non-hydrogen) atoms. The van der Waals surface area contributed by atoms with E-state index in [1.807, 2.05) is 30.3 Å². The summed E-state index contributed by atoms with van der Waals surface area (Å²) < 4.78 is 5.39. The average molecular weight is 341 g/mol. The lowest BCUT2D eigenvalue weighted by Crippen LogP contribution is -2.43. The molecular weight excluding hydrogens is 322 g/mol. The molecule has 0 saturated carbocycles. The van der Waals surface area contributed by atoms with Gasteiger partial charge in [-0.15, -0.1) is 0 Å². The van der Waals surface area contributed by atoms with Crippen molar-refractivity contribution in [3.63, 3.8) is 0 Å². The largest absolute Gasteiger partial charge is 0.433 e. The van der Waals surface area contributed by atoms with Crippen LogP contribution in [-0.2, 0) is 4.84 Å². The molecule has 2 aliphatic heterocycles. The van der Waals surface area contributed by atoms with Crippen LogP contribution in [0.5, 0.6) is 0 Å². The zero-order valence-electron chi connectivity index (χ0n) is 13.7. The zero-order valence-corrected chi connectivity index (χ0v) is 13.7. The normalized spacial score (nSPS) is 23.9. The molecule has 1 fully saturated rings. The van der Waals surface area contributed by atoms with Crippen LogP contribution < -0.4 is 0 Å². The molecule has 1 aromatic heterocycles. The number of likely N-dealkylation sites (tertiary alicyclic amines) is 1. The molecule has 2 unspecified atom stereocenters. The lowest BCUT2D eigenvalue weighted by Gasteiger charge is -2.33. The zero-order chi connectivity index (χ0) is 17.2. The predicted molar refractivity (Wildman–Crippen MR) is 91.4 cm³/mol. The lowest BCUT2D eigenvalue weighted by molar-refractivity contribution is -0.402. The highest BCUT2D eigenvalue weighted by molar-refractivity contribution is 6.04. The third kappa shape index (κ3) is 3.02. The average Bonchev–Trinajstić information content (AvgIpc) is 3.30. The minimum atomic E-state index is -0.542. The van der Waals surface area contributed by atoms with Crippen molar-refractivity contribution < 1.29 is 14.2 Å². The highest BCUT2D eigenvalue weighted by Crippen LogP contribution is 2.36. The Hall–Kier alpha value is -2.67. The van der Waals surface area contributed by atoms with Crippen LogP contribution in [0, 0.1) is 10.1 Å². The maximum atomic E-state index is 10.9. The van der Waals surface area contributed by atoms with Gasteiger partial charge >= 0.3 is 5.88 Å². The van der Waals surface area contributed by atoms with E-state index in [4.69, 9.17) is 9.25 Å². The maximum absolute atomic E-state index is 10.9. The van der Waals surface area contributed by atoms with Crippen LogP contribution >= 0.6 is 0 Å². The van der Waals surface area contributed by atoms with E-state index in [0.717, 1.165) is 31.5 Å². The molecule has 0 bridgehead atoms. The van der Waals surface area contributed by atoms with Gasteiger partial charge in [-0.25, -0.2) is 0 Å². The van der Waals surface area contributed by atoms with E-state index in [1.54, 1.807) is 6.07 Å². The number of piperidine rings is 1. The molecular formula is C18H19N3O4. The maximum Gasteiger partial charge on any atom is 0.433 e. The molecule has 2 aliphatic rings. The molecule has 2 aromatic rings. The summed E-state index contributed by atoms with van der Waals surface area (Å²) in [6.07, 6.45) is 3.31.